The van der Waals surface area contributed by atoms with Gasteiger partial charge in [0.05, 0.1) is 18.8 Å². The Morgan fingerprint density at radius 2 is 2.00 bits per heavy atom. The van der Waals surface area contributed by atoms with Crippen molar-refractivity contribution in [3.63, 3.8) is 0 Å². The van der Waals surface area contributed by atoms with E-state index in [0.717, 1.165) is 6.42 Å². The fourth-order valence-corrected chi connectivity index (χ4v) is 2.28. The predicted molar refractivity (Wildman–Crippen MR) is 67.0 cm³/mol. The minimum Gasteiger partial charge on any atom is -0.507 e. The molecule has 0 atom stereocenters. The van der Waals surface area contributed by atoms with Gasteiger partial charge in [0, 0.05) is 3.57 Å². The molecule has 0 spiro atoms. The Balaban J connectivity index is 2.41. The normalized spacial score (nSPS) is 17.0. The second kappa shape index (κ2) is 5.19. The lowest BCUT2D eigenvalue weighted by molar-refractivity contribution is -0.183. The van der Waals surface area contributed by atoms with Crippen molar-refractivity contribution in [3.05, 3.63) is 26.8 Å². The van der Waals surface area contributed by atoms with Crippen LogP contribution in [0, 0.1) is 3.57 Å². The van der Waals surface area contributed by atoms with Gasteiger partial charge in [-0.15, -0.1) is 0 Å². The molecule has 1 aromatic carbocycles. The Hall–Kier alpha value is -0.860. The van der Waals surface area contributed by atoms with Gasteiger partial charge in [-0.05, 0) is 41.1 Å². The minimum atomic E-state index is -1.17. The predicted octanol–water partition coefficient (Wildman–Crippen LogP) is 2.13. The third-order valence-corrected chi connectivity index (χ3v) is 3.04. The van der Waals surface area contributed by atoms with Crippen molar-refractivity contribution in [2.24, 2.45) is 0 Å². The lowest BCUT2D eigenvalue weighted by atomic mass is 10.1. The molecule has 92 valence electrons. The zero-order valence-electron chi connectivity index (χ0n) is 8.85. The molecule has 2 rings (SSSR count). The van der Waals surface area contributed by atoms with Crippen LogP contribution in [-0.2, 0) is 9.47 Å². The maximum absolute atomic E-state index is 11.0. The highest BCUT2D eigenvalue weighted by atomic mass is 127. The van der Waals surface area contributed by atoms with E-state index in [4.69, 9.17) is 14.6 Å². The van der Waals surface area contributed by atoms with Crippen LogP contribution in [0.3, 0.4) is 0 Å². The van der Waals surface area contributed by atoms with Gasteiger partial charge in [-0.3, -0.25) is 0 Å². The summed E-state index contributed by atoms with van der Waals surface area (Å²) in [5.74, 6) is -1.46. The standard InChI is InChI=1S/C11H11IO5/c12-6-4-7(10(14)15)9(13)8(5-6)11-16-2-1-3-17-11/h4-5,11,13H,1-3H2,(H,14,15). The lowest BCUT2D eigenvalue weighted by Crippen LogP contribution is -2.18. The molecule has 0 bridgehead atoms. The van der Waals surface area contributed by atoms with Gasteiger partial charge >= 0.3 is 5.97 Å². The zero-order valence-corrected chi connectivity index (χ0v) is 11.0. The molecule has 1 aliphatic heterocycles. The number of halogens is 1. The van der Waals surface area contributed by atoms with Gasteiger partial charge in [0.25, 0.3) is 0 Å². The van der Waals surface area contributed by atoms with E-state index in [2.05, 4.69) is 0 Å². The molecule has 0 radical (unpaired) electrons. The average molecular weight is 350 g/mol. The molecule has 1 aromatic rings. The molecule has 1 fully saturated rings. The van der Waals surface area contributed by atoms with Gasteiger partial charge in [-0.25, -0.2) is 4.79 Å². The highest BCUT2D eigenvalue weighted by molar-refractivity contribution is 14.1. The summed E-state index contributed by atoms with van der Waals surface area (Å²) < 4.78 is 11.4. The summed E-state index contributed by atoms with van der Waals surface area (Å²) in [5.41, 5.74) is 0.235. The number of aromatic carboxylic acids is 1. The van der Waals surface area contributed by atoms with Crippen LogP contribution in [0.4, 0.5) is 0 Å². The van der Waals surface area contributed by atoms with Crippen LogP contribution >= 0.6 is 22.6 Å². The third kappa shape index (κ3) is 2.70. The molecular formula is C11H11IO5. The van der Waals surface area contributed by atoms with Gasteiger partial charge in [-0.1, -0.05) is 0 Å². The molecule has 2 N–H and O–H groups in total. The van der Waals surface area contributed by atoms with E-state index in [1.165, 1.54) is 6.07 Å². The van der Waals surface area contributed by atoms with Crippen LogP contribution < -0.4 is 0 Å². The molecule has 0 aliphatic carbocycles. The summed E-state index contributed by atoms with van der Waals surface area (Å²) in [4.78, 5) is 11.0. The fourth-order valence-electron chi connectivity index (χ4n) is 1.63. The number of ether oxygens (including phenoxy) is 2. The quantitative estimate of drug-likeness (QED) is 0.800. The van der Waals surface area contributed by atoms with Crippen LogP contribution in [0.15, 0.2) is 12.1 Å². The Morgan fingerprint density at radius 3 is 2.59 bits per heavy atom. The number of carboxylic acid groups (broad SMARTS) is 1. The fraction of sp³-hybridized carbons (Fsp3) is 0.364. The number of hydrogen-bond donors (Lipinski definition) is 2. The smallest absolute Gasteiger partial charge is 0.339 e. The van der Waals surface area contributed by atoms with Crippen LogP contribution in [0.25, 0.3) is 0 Å². The van der Waals surface area contributed by atoms with E-state index in [1.54, 1.807) is 6.07 Å². The van der Waals surface area contributed by atoms with Gasteiger partial charge < -0.3 is 19.7 Å². The van der Waals surface area contributed by atoms with Gasteiger partial charge in [-0.2, -0.15) is 0 Å². The van der Waals surface area contributed by atoms with Crippen LogP contribution in [-0.4, -0.2) is 29.4 Å². The maximum atomic E-state index is 11.0. The molecule has 1 aliphatic rings. The lowest BCUT2D eigenvalue weighted by Gasteiger charge is -2.24. The van der Waals surface area contributed by atoms with E-state index < -0.39 is 12.3 Å². The van der Waals surface area contributed by atoms with Crippen molar-refractivity contribution in [1.82, 2.24) is 0 Å². The number of hydrogen-bond acceptors (Lipinski definition) is 4. The summed E-state index contributed by atoms with van der Waals surface area (Å²) in [6.07, 6.45) is 0.115. The largest absolute Gasteiger partial charge is 0.507 e. The molecule has 17 heavy (non-hydrogen) atoms. The van der Waals surface area contributed by atoms with Crippen molar-refractivity contribution in [2.45, 2.75) is 12.7 Å². The van der Waals surface area contributed by atoms with Crippen molar-refractivity contribution in [2.75, 3.05) is 13.2 Å². The molecule has 6 heteroatoms. The first-order valence-electron chi connectivity index (χ1n) is 5.08. The van der Waals surface area contributed by atoms with E-state index in [0.29, 0.717) is 22.3 Å². The van der Waals surface area contributed by atoms with Crippen molar-refractivity contribution >= 4 is 28.6 Å². The zero-order chi connectivity index (χ0) is 12.4. The number of carboxylic acids is 1. The summed E-state index contributed by atoms with van der Waals surface area (Å²) in [6, 6.07) is 3.07. The third-order valence-electron chi connectivity index (χ3n) is 2.42. The highest BCUT2D eigenvalue weighted by Crippen LogP contribution is 2.34. The summed E-state index contributed by atoms with van der Waals surface area (Å²) >= 11 is 1.99. The number of benzene rings is 1. The van der Waals surface area contributed by atoms with Gasteiger partial charge in [0.1, 0.15) is 11.3 Å². The summed E-state index contributed by atoms with van der Waals surface area (Å²) in [7, 11) is 0. The SMILES string of the molecule is O=C(O)c1cc(I)cc(C2OCCCO2)c1O. The number of phenols is 1. The van der Waals surface area contributed by atoms with E-state index in [-0.39, 0.29) is 11.3 Å². The Kier molecular flexibility index (Phi) is 3.85. The number of aromatic hydroxyl groups is 1. The second-order valence-electron chi connectivity index (χ2n) is 3.62. The first-order valence-corrected chi connectivity index (χ1v) is 6.16. The molecule has 0 amide bonds. The Bertz CT molecular complexity index is 440. The van der Waals surface area contributed by atoms with Crippen molar-refractivity contribution in [3.8, 4) is 5.75 Å². The molecular weight excluding hydrogens is 339 g/mol. The van der Waals surface area contributed by atoms with E-state index in [1.807, 2.05) is 22.6 Å². The molecule has 1 heterocycles. The Morgan fingerprint density at radius 1 is 1.35 bits per heavy atom. The van der Waals surface area contributed by atoms with Gasteiger partial charge in [0.2, 0.25) is 0 Å². The van der Waals surface area contributed by atoms with E-state index >= 15 is 0 Å². The molecule has 0 saturated carbocycles. The summed E-state index contributed by atoms with van der Waals surface area (Å²) in [6.45, 7) is 1.08. The average Bonchev–Trinajstić information content (AvgIpc) is 2.32. The number of rotatable bonds is 2. The minimum absolute atomic E-state index is 0.135. The second-order valence-corrected chi connectivity index (χ2v) is 4.87. The molecule has 0 aromatic heterocycles. The monoisotopic (exact) mass is 350 g/mol. The topological polar surface area (TPSA) is 76.0 Å². The van der Waals surface area contributed by atoms with Crippen LogP contribution in [0.5, 0.6) is 5.75 Å². The van der Waals surface area contributed by atoms with Crippen LogP contribution in [0.2, 0.25) is 0 Å². The van der Waals surface area contributed by atoms with Gasteiger partial charge in [0.15, 0.2) is 6.29 Å². The molecule has 0 unspecified atom stereocenters. The van der Waals surface area contributed by atoms with Crippen molar-refractivity contribution < 1.29 is 24.5 Å². The summed E-state index contributed by atoms with van der Waals surface area (Å²) in [5, 5.41) is 18.9. The highest BCUT2D eigenvalue weighted by Gasteiger charge is 2.24. The number of carbonyl (C=O) groups is 1. The molecule has 5 nitrogen and oxygen atoms in total. The first kappa shape index (κ1) is 12.6. The molecule has 1 saturated heterocycles. The van der Waals surface area contributed by atoms with E-state index in [9.17, 15) is 9.90 Å². The van der Waals surface area contributed by atoms with Crippen molar-refractivity contribution in [1.29, 1.82) is 0 Å². The maximum Gasteiger partial charge on any atom is 0.339 e. The Labute approximate surface area is 111 Å². The van der Waals surface area contributed by atoms with Crippen LogP contribution in [0.1, 0.15) is 28.6 Å². The first-order chi connectivity index (χ1) is 8.09.